The Morgan fingerprint density at radius 1 is 0.812 bits per heavy atom. The fourth-order valence-electron chi connectivity index (χ4n) is 1.06. The van der Waals surface area contributed by atoms with E-state index in [2.05, 4.69) is 12.6 Å². The standard InChI is InChI=1S/C8H7Cl.C6H6S/c9-7-6-8-4-2-1-3-5-8;7-6-4-2-1-3-5-6/h1-7H;1-5,7H. The minimum Gasteiger partial charge on any atom is -0.143 e. The van der Waals surface area contributed by atoms with Crippen LogP contribution in [-0.2, 0) is 0 Å². The summed E-state index contributed by atoms with van der Waals surface area (Å²) in [6, 6.07) is 19.7. The third-order valence-corrected chi connectivity index (χ3v) is 2.24. The summed E-state index contributed by atoms with van der Waals surface area (Å²) in [5, 5.41) is 0. The van der Waals surface area contributed by atoms with Gasteiger partial charge in [-0.25, -0.2) is 0 Å². The Morgan fingerprint density at radius 2 is 1.31 bits per heavy atom. The van der Waals surface area contributed by atoms with Gasteiger partial charge in [-0.1, -0.05) is 60.1 Å². The van der Waals surface area contributed by atoms with E-state index >= 15 is 0 Å². The molecule has 0 fully saturated rings. The summed E-state index contributed by atoms with van der Waals surface area (Å²) in [7, 11) is 0. The summed E-state index contributed by atoms with van der Waals surface area (Å²) in [6.45, 7) is 0. The Kier molecular flexibility index (Phi) is 6.47. The molecule has 0 saturated heterocycles. The number of hydrogen-bond donors (Lipinski definition) is 1. The maximum Gasteiger partial charge on any atom is 0.00484 e. The molecule has 0 radical (unpaired) electrons. The molecule has 0 nitrogen and oxygen atoms in total. The van der Waals surface area contributed by atoms with E-state index in [9.17, 15) is 0 Å². The molecule has 0 aromatic heterocycles. The Balaban J connectivity index is 0.000000165. The molecule has 0 bridgehead atoms. The second kappa shape index (κ2) is 8.03. The van der Waals surface area contributed by atoms with Crippen LogP contribution in [0.5, 0.6) is 0 Å². The molecule has 2 heteroatoms. The highest BCUT2D eigenvalue weighted by Gasteiger charge is 1.78. The fraction of sp³-hybridized carbons (Fsp3) is 0. The first-order valence-electron chi connectivity index (χ1n) is 4.89. The lowest BCUT2D eigenvalue weighted by atomic mass is 10.2. The first-order valence-corrected chi connectivity index (χ1v) is 5.77. The highest BCUT2D eigenvalue weighted by atomic mass is 35.5. The van der Waals surface area contributed by atoms with Gasteiger partial charge in [0.1, 0.15) is 0 Å². The van der Waals surface area contributed by atoms with Crippen LogP contribution in [0, 0.1) is 0 Å². The lowest BCUT2D eigenvalue weighted by molar-refractivity contribution is 1.48. The molecule has 0 unspecified atom stereocenters. The summed E-state index contributed by atoms with van der Waals surface area (Å²) in [5.41, 5.74) is 2.64. The molecule has 16 heavy (non-hydrogen) atoms. The molecule has 0 aliphatic rings. The first kappa shape index (κ1) is 12.9. The molecule has 0 atom stereocenters. The van der Waals surface area contributed by atoms with E-state index in [0.29, 0.717) is 0 Å². The Bertz CT molecular complexity index is 409. The molecule has 82 valence electrons. The summed E-state index contributed by atoms with van der Waals surface area (Å²) in [6.07, 6.45) is 1.85. The van der Waals surface area contributed by atoms with Crippen molar-refractivity contribution in [2.75, 3.05) is 0 Å². The topological polar surface area (TPSA) is 0 Å². The summed E-state index contributed by atoms with van der Waals surface area (Å²) in [4.78, 5) is 1.02. The van der Waals surface area contributed by atoms with Crippen molar-refractivity contribution in [1.29, 1.82) is 0 Å². The van der Waals surface area contributed by atoms with Crippen LogP contribution in [0.4, 0.5) is 0 Å². The van der Waals surface area contributed by atoms with Crippen LogP contribution in [-0.4, -0.2) is 0 Å². The molecule has 2 aromatic rings. The van der Waals surface area contributed by atoms with E-state index < -0.39 is 0 Å². The van der Waals surface area contributed by atoms with Gasteiger partial charge in [0, 0.05) is 10.4 Å². The van der Waals surface area contributed by atoms with Crippen molar-refractivity contribution in [1.82, 2.24) is 0 Å². The Morgan fingerprint density at radius 3 is 1.69 bits per heavy atom. The zero-order valence-electron chi connectivity index (χ0n) is 8.75. The van der Waals surface area contributed by atoms with E-state index in [1.807, 2.05) is 66.7 Å². The third-order valence-electron chi connectivity index (χ3n) is 1.81. The van der Waals surface area contributed by atoms with Gasteiger partial charge >= 0.3 is 0 Å². The van der Waals surface area contributed by atoms with Crippen LogP contribution in [0.1, 0.15) is 5.56 Å². The number of rotatable bonds is 1. The SMILES string of the molecule is ClC=Cc1ccccc1.Sc1ccccc1. The second-order valence-electron chi connectivity index (χ2n) is 3.04. The van der Waals surface area contributed by atoms with Crippen LogP contribution in [0.25, 0.3) is 6.08 Å². The average Bonchev–Trinajstić information content (AvgIpc) is 2.33. The number of benzene rings is 2. The van der Waals surface area contributed by atoms with Gasteiger partial charge in [-0.05, 0) is 23.8 Å². The van der Waals surface area contributed by atoms with Gasteiger partial charge in [0.25, 0.3) is 0 Å². The maximum atomic E-state index is 5.36. The average molecular weight is 249 g/mol. The molecule has 0 aliphatic heterocycles. The summed E-state index contributed by atoms with van der Waals surface area (Å²) in [5.74, 6) is 0. The van der Waals surface area contributed by atoms with Gasteiger partial charge in [-0.2, -0.15) is 0 Å². The van der Waals surface area contributed by atoms with E-state index in [0.717, 1.165) is 10.5 Å². The van der Waals surface area contributed by atoms with Crippen molar-refractivity contribution in [3.05, 3.63) is 71.8 Å². The second-order valence-corrected chi connectivity index (χ2v) is 3.81. The van der Waals surface area contributed by atoms with E-state index in [1.165, 1.54) is 5.54 Å². The van der Waals surface area contributed by atoms with Crippen molar-refractivity contribution in [3.8, 4) is 0 Å². The molecule has 0 aliphatic carbocycles. The molecule has 2 aromatic carbocycles. The Labute approximate surface area is 107 Å². The quantitative estimate of drug-likeness (QED) is 0.684. The van der Waals surface area contributed by atoms with Gasteiger partial charge in [0.15, 0.2) is 0 Å². The predicted octanol–water partition coefficient (Wildman–Crippen LogP) is 4.87. The highest BCUT2D eigenvalue weighted by Crippen LogP contribution is 2.01. The Hall–Kier alpha value is -1.18. The molecule has 0 heterocycles. The lowest BCUT2D eigenvalue weighted by Crippen LogP contribution is -1.64. The van der Waals surface area contributed by atoms with E-state index in [4.69, 9.17) is 11.6 Å². The number of hydrogen-bond acceptors (Lipinski definition) is 1. The van der Waals surface area contributed by atoms with Crippen molar-refractivity contribution >= 4 is 30.3 Å². The van der Waals surface area contributed by atoms with Gasteiger partial charge in [0.2, 0.25) is 0 Å². The predicted molar refractivity (Wildman–Crippen MR) is 75.0 cm³/mol. The van der Waals surface area contributed by atoms with E-state index in [-0.39, 0.29) is 0 Å². The van der Waals surface area contributed by atoms with Crippen LogP contribution >= 0.6 is 24.2 Å². The first-order chi connectivity index (χ1) is 7.83. The minimum absolute atomic E-state index is 1.02. The van der Waals surface area contributed by atoms with Crippen LogP contribution < -0.4 is 0 Å². The lowest BCUT2D eigenvalue weighted by Gasteiger charge is -1.86. The molecule has 0 amide bonds. The van der Waals surface area contributed by atoms with Crippen LogP contribution in [0.2, 0.25) is 0 Å². The zero-order valence-corrected chi connectivity index (χ0v) is 10.4. The van der Waals surface area contributed by atoms with Crippen LogP contribution in [0.3, 0.4) is 0 Å². The molecular formula is C14H13ClS. The summed E-state index contributed by atoms with van der Waals surface area (Å²) < 4.78 is 0. The number of halogens is 1. The van der Waals surface area contributed by atoms with E-state index in [1.54, 1.807) is 0 Å². The maximum absolute atomic E-state index is 5.36. The zero-order chi connectivity index (χ0) is 11.6. The highest BCUT2D eigenvalue weighted by molar-refractivity contribution is 7.80. The number of thiol groups is 1. The molecule has 2 rings (SSSR count). The van der Waals surface area contributed by atoms with Crippen LogP contribution in [0.15, 0.2) is 71.1 Å². The monoisotopic (exact) mass is 248 g/mol. The van der Waals surface area contributed by atoms with Crippen molar-refractivity contribution in [3.63, 3.8) is 0 Å². The van der Waals surface area contributed by atoms with Crippen molar-refractivity contribution in [2.45, 2.75) is 4.90 Å². The van der Waals surface area contributed by atoms with Crippen molar-refractivity contribution < 1.29 is 0 Å². The van der Waals surface area contributed by atoms with Gasteiger partial charge in [-0.15, -0.1) is 12.6 Å². The fourth-order valence-corrected chi connectivity index (χ4v) is 1.38. The largest absolute Gasteiger partial charge is 0.143 e. The molecule has 0 spiro atoms. The molecule has 0 N–H and O–H groups in total. The molecule has 0 saturated carbocycles. The van der Waals surface area contributed by atoms with Gasteiger partial charge in [-0.3, -0.25) is 0 Å². The third kappa shape index (κ3) is 5.64. The minimum atomic E-state index is 1.02. The normalized spacial score (nSPS) is 9.62. The van der Waals surface area contributed by atoms with Gasteiger partial charge < -0.3 is 0 Å². The molecular weight excluding hydrogens is 236 g/mol. The summed E-state index contributed by atoms with van der Waals surface area (Å²) >= 11 is 9.44. The van der Waals surface area contributed by atoms with Gasteiger partial charge in [0.05, 0.1) is 0 Å². The van der Waals surface area contributed by atoms with Crippen molar-refractivity contribution in [2.24, 2.45) is 0 Å². The smallest absolute Gasteiger partial charge is 0.00484 e.